The molecule has 4 rings (SSSR count). The SMILES string of the molecule is Cc1ccc2c(c1)c1ccc(N)nc1n2C1CCC(=O)NC1=O. The van der Waals surface area contributed by atoms with Crippen molar-refractivity contribution in [3.63, 3.8) is 0 Å². The number of pyridine rings is 1. The van der Waals surface area contributed by atoms with Gasteiger partial charge >= 0.3 is 0 Å². The minimum atomic E-state index is -0.454. The molecule has 3 aromatic rings. The molecule has 1 aliphatic rings. The van der Waals surface area contributed by atoms with Gasteiger partial charge in [0.2, 0.25) is 11.8 Å². The van der Waals surface area contributed by atoms with Crippen LogP contribution in [0, 0.1) is 6.92 Å². The zero-order valence-corrected chi connectivity index (χ0v) is 12.7. The van der Waals surface area contributed by atoms with Crippen molar-refractivity contribution in [1.82, 2.24) is 14.9 Å². The van der Waals surface area contributed by atoms with Crippen molar-refractivity contribution in [2.45, 2.75) is 25.8 Å². The van der Waals surface area contributed by atoms with E-state index in [0.717, 1.165) is 21.9 Å². The lowest BCUT2D eigenvalue weighted by Crippen LogP contribution is -2.41. The van der Waals surface area contributed by atoms with Gasteiger partial charge in [0, 0.05) is 17.2 Å². The smallest absolute Gasteiger partial charge is 0.249 e. The van der Waals surface area contributed by atoms with Crippen molar-refractivity contribution < 1.29 is 9.59 Å². The minimum Gasteiger partial charge on any atom is -0.384 e. The number of anilines is 1. The van der Waals surface area contributed by atoms with Crippen LogP contribution in [0.25, 0.3) is 21.9 Å². The number of carbonyl (C=O) groups is 2. The molecule has 6 nitrogen and oxygen atoms in total. The molecular formula is C17H16N4O2. The first kappa shape index (κ1) is 13.8. The molecule has 0 saturated carbocycles. The highest BCUT2D eigenvalue weighted by Gasteiger charge is 2.30. The summed E-state index contributed by atoms with van der Waals surface area (Å²) in [5.74, 6) is -0.106. The quantitative estimate of drug-likeness (QED) is 0.673. The van der Waals surface area contributed by atoms with E-state index in [9.17, 15) is 9.59 Å². The van der Waals surface area contributed by atoms with Gasteiger partial charge in [-0.1, -0.05) is 11.6 Å². The average Bonchev–Trinajstić information content (AvgIpc) is 2.80. The number of benzene rings is 1. The Labute approximate surface area is 132 Å². The number of nitrogen functional groups attached to an aromatic ring is 1. The van der Waals surface area contributed by atoms with Crippen molar-refractivity contribution in [3.8, 4) is 0 Å². The summed E-state index contributed by atoms with van der Waals surface area (Å²) >= 11 is 0. The van der Waals surface area contributed by atoms with Crippen LogP contribution < -0.4 is 11.1 Å². The van der Waals surface area contributed by atoms with Crippen molar-refractivity contribution in [2.24, 2.45) is 0 Å². The number of nitrogens with zero attached hydrogens (tertiary/aromatic N) is 2. The van der Waals surface area contributed by atoms with E-state index in [1.165, 1.54) is 0 Å². The summed E-state index contributed by atoms with van der Waals surface area (Å²) in [6, 6.07) is 9.32. The van der Waals surface area contributed by atoms with Gasteiger partial charge in [0.25, 0.3) is 0 Å². The third-order valence-electron chi connectivity index (χ3n) is 4.35. The maximum Gasteiger partial charge on any atom is 0.249 e. The number of piperidine rings is 1. The van der Waals surface area contributed by atoms with Crippen LogP contribution >= 0.6 is 0 Å². The van der Waals surface area contributed by atoms with E-state index in [1.807, 2.05) is 29.7 Å². The van der Waals surface area contributed by atoms with Gasteiger partial charge in [-0.15, -0.1) is 0 Å². The van der Waals surface area contributed by atoms with E-state index in [2.05, 4.69) is 16.4 Å². The number of aryl methyl sites for hydroxylation is 1. The van der Waals surface area contributed by atoms with Gasteiger partial charge in [0.15, 0.2) is 0 Å². The normalized spacial score (nSPS) is 18.6. The van der Waals surface area contributed by atoms with E-state index in [1.54, 1.807) is 6.07 Å². The molecule has 0 aliphatic carbocycles. The molecule has 1 unspecified atom stereocenters. The van der Waals surface area contributed by atoms with Crippen LogP contribution in [0.4, 0.5) is 5.82 Å². The molecule has 1 aliphatic heterocycles. The third-order valence-corrected chi connectivity index (χ3v) is 4.35. The molecule has 23 heavy (non-hydrogen) atoms. The number of fused-ring (bicyclic) bond motifs is 3. The summed E-state index contributed by atoms with van der Waals surface area (Å²) in [6.45, 7) is 2.03. The molecule has 2 amide bonds. The number of hydrogen-bond donors (Lipinski definition) is 2. The molecule has 3 N–H and O–H groups in total. The number of nitrogens with one attached hydrogen (secondary N) is 1. The van der Waals surface area contributed by atoms with Crippen molar-refractivity contribution >= 4 is 39.6 Å². The third kappa shape index (κ3) is 2.06. The van der Waals surface area contributed by atoms with Crippen molar-refractivity contribution in [3.05, 3.63) is 35.9 Å². The fourth-order valence-corrected chi connectivity index (χ4v) is 3.29. The second kappa shape index (κ2) is 4.81. The van der Waals surface area contributed by atoms with Gasteiger partial charge in [-0.25, -0.2) is 4.98 Å². The first-order valence-electron chi connectivity index (χ1n) is 7.55. The van der Waals surface area contributed by atoms with Crippen LogP contribution in [0.5, 0.6) is 0 Å². The highest BCUT2D eigenvalue weighted by atomic mass is 16.2. The lowest BCUT2D eigenvalue weighted by Gasteiger charge is -2.23. The topological polar surface area (TPSA) is 90.0 Å². The summed E-state index contributed by atoms with van der Waals surface area (Å²) in [4.78, 5) is 28.2. The number of amides is 2. The van der Waals surface area contributed by atoms with E-state index in [4.69, 9.17) is 5.73 Å². The number of carbonyl (C=O) groups excluding carboxylic acids is 2. The monoisotopic (exact) mass is 308 g/mol. The summed E-state index contributed by atoms with van der Waals surface area (Å²) in [5, 5.41) is 4.42. The molecule has 116 valence electrons. The molecule has 2 aromatic heterocycles. The van der Waals surface area contributed by atoms with Crippen LogP contribution in [0.2, 0.25) is 0 Å². The van der Waals surface area contributed by atoms with Crippen LogP contribution in [0.1, 0.15) is 24.4 Å². The highest BCUT2D eigenvalue weighted by molar-refractivity contribution is 6.09. The van der Waals surface area contributed by atoms with Crippen LogP contribution in [0.3, 0.4) is 0 Å². The van der Waals surface area contributed by atoms with E-state index in [-0.39, 0.29) is 11.8 Å². The molecule has 1 fully saturated rings. The number of nitrogens with two attached hydrogens (primary N) is 1. The zero-order chi connectivity index (χ0) is 16.1. The second-order valence-corrected chi connectivity index (χ2v) is 5.96. The fraction of sp³-hybridized carbons (Fsp3) is 0.235. The van der Waals surface area contributed by atoms with Crippen LogP contribution in [-0.4, -0.2) is 21.4 Å². The average molecular weight is 308 g/mol. The van der Waals surface area contributed by atoms with E-state index < -0.39 is 6.04 Å². The zero-order valence-electron chi connectivity index (χ0n) is 12.7. The van der Waals surface area contributed by atoms with Gasteiger partial charge in [0.05, 0.1) is 5.52 Å². The lowest BCUT2D eigenvalue weighted by molar-refractivity contribution is -0.135. The predicted molar refractivity (Wildman–Crippen MR) is 87.8 cm³/mol. The molecule has 6 heteroatoms. The standard InChI is InChI=1S/C17H16N4O2/c1-9-2-4-12-11(8-9)10-3-6-14(18)19-16(10)21(12)13-5-7-15(22)20-17(13)23/h2-4,6,8,13H,5,7H2,1H3,(H2,18,19)(H,20,22,23). The number of aromatic nitrogens is 2. The molecular weight excluding hydrogens is 292 g/mol. The van der Waals surface area contributed by atoms with Gasteiger partial charge in [-0.2, -0.15) is 0 Å². The van der Waals surface area contributed by atoms with Crippen molar-refractivity contribution in [2.75, 3.05) is 5.73 Å². The van der Waals surface area contributed by atoms with Crippen LogP contribution in [0.15, 0.2) is 30.3 Å². The first-order chi connectivity index (χ1) is 11.0. The van der Waals surface area contributed by atoms with Gasteiger partial charge in [0.1, 0.15) is 17.5 Å². The Morgan fingerprint density at radius 3 is 2.83 bits per heavy atom. The predicted octanol–water partition coefficient (Wildman–Crippen LogP) is 2.06. The summed E-state index contributed by atoms with van der Waals surface area (Å²) in [5.41, 5.74) is 8.60. The Morgan fingerprint density at radius 2 is 2.04 bits per heavy atom. The molecule has 0 bridgehead atoms. The Balaban J connectivity index is 2.05. The Kier molecular flexibility index (Phi) is 2.87. The van der Waals surface area contributed by atoms with Gasteiger partial charge in [-0.3, -0.25) is 14.9 Å². The summed E-state index contributed by atoms with van der Waals surface area (Å²) in [6.07, 6.45) is 0.791. The minimum absolute atomic E-state index is 0.227. The lowest BCUT2D eigenvalue weighted by atomic mass is 10.1. The van der Waals surface area contributed by atoms with Gasteiger partial charge < -0.3 is 10.3 Å². The number of hydrogen-bond acceptors (Lipinski definition) is 4. The summed E-state index contributed by atoms with van der Waals surface area (Å²) < 4.78 is 1.90. The molecule has 1 saturated heterocycles. The largest absolute Gasteiger partial charge is 0.384 e. The summed E-state index contributed by atoms with van der Waals surface area (Å²) in [7, 11) is 0. The maximum atomic E-state index is 12.3. The van der Waals surface area contributed by atoms with Crippen LogP contribution in [-0.2, 0) is 9.59 Å². The maximum absolute atomic E-state index is 12.3. The van der Waals surface area contributed by atoms with Gasteiger partial charge in [-0.05, 0) is 37.6 Å². The highest BCUT2D eigenvalue weighted by Crippen LogP contribution is 2.34. The fourth-order valence-electron chi connectivity index (χ4n) is 3.29. The first-order valence-corrected chi connectivity index (χ1v) is 7.55. The Hall–Kier alpha value is -2.89. The number of rotatable bonds is 1. The molecule has 3 heterocycles. The molecule has 0 radical (unpaired) electrons. The molecule has 1 aromatic carbocycles. The Morgan fingerprint density at radius 1 is 1.22 bits per heavy atom. The van der Waals surface area contributed by atoms with E-state index in [0.29, 0.717) is 24.3 Å². The Bertz CT molecular complexity index is 974. The molecule has 1 atom stereocenters. The second-order valence-electron chi connectivity index (χ2n) is 5.96. The molecule has 0 spiro atoms. The number of imide groups is 1. The van der Waals surface area contributed by atoms with E-state index >= 15 is 0 Å². The van der Waals surface area contributed by atoms with Crippen molar-refractivity contribution in [1.29, 1.82) is 0 Å².